The molecule has 0 spiro atoms. The largest absolute Gasteiger partial charge is 0.382 e. The molecule has 1 N–H and O–H groups in total. The number of nitrogens with one attached hydrogen (secondary N) is 1. The van der Waals surface area contributed by atoms with Crippen LogP contribution >= 0.6 is 0 Å². The highest BCUT2D eigenvalue weighted by Gasteiger charge is 2.25. The highest BCUT2D eigenvalue weighted by Crippen LogP contribution is 2.32. The second-order valence-corrected chi connectivity index (χ2v) is 6.48. The highest BCUT2D eigenvalue weighted by molar-refractivity contribution is 5.50. The molecule has 3 unspecified atom stereocenters. The molecule has 18 heavy (non-hydrogen) atoms. The Bertz CT molecular complexity index is 424. The van der Waals surface area contributed by atoms with Crippen molar-refractivity contribution < 1.29 is 0 Å². The first kappa shape index (κ1) is 12.1. The summed E-state index contributed by atoms with van der Waals surface area (Å²) in [5.74, 6) is 1.70. The van der Waals surface area contributed by atoms with Gasteiger partial charge in [-0.3, -0.25) is 0 Å². The summed E-state index contributed by atoms with van der Waals surface area (Å²) in [6.07, 6.45) is 8.02. The maximum absolute atomic E-state index is 3.79. The van der Waals surface area contributed by atoms with E-state index in [1.807, 2.05) is 0 Å². The number of hydrogen-bond acceptors (Lipinski definition) is 1. The Labute approximate surface area is 111 Å². The zero-order valence-electron chi connectivity index (χ0n) is 11.7. The lowest BCUT2D eigenvalue weighted by Gasteiger charge is -2.34. The van der Waals surface area contributed by atoms with E-state index in [0.717, 1.165) is 11.8 Å². The summed E-state index contributed by atoms with van der Waals surface area (Å²) in [6, 6.07) is 7.69. The van der Waals surface area contributed by atoms with E-state index >= 15 is 0 Å². The lowest BCUT2D eigenvalue weighted by molar-refractivity contribution is 0.280. The molecule has 0 aliphatic heterocycles. The highest BCUT2D eigenvalue weighted by atomic mass is 14.9. The minimum atomic E-state index is 0.674. The third-order valence-electron chi connectivity index (χ3n) is 4.91. The van der Waals surface area contributed by atoms with Crippen LogP contribution in [0.5, 0.6) is 0 Å². The Balaban J connectivity index is 1.72. The summed E-state index contributed by atoms with van der Waals surface area (Å²) >= 11 is 0. The van der Waals surface area contributed by atoms with E-state index in [1.165, 1.54) is 44.2 Å². The summed E-state index contributed by atoms with van der Waals surface area (Å²) in [6.45, 7) is 4.79. The van der Waals surface area contributed by atoms with Gasteiger partial charge in [0.15, 0.2) is 0 Å². The Kier molecular flexibility index (Phi) is 3.32. The van der Waals surface area contributed by atoms with Crippen molar-refractivity contribution in [3.8, 4) is 0 Å². The number of anilines is 1. The van der Waals surface area contributed by atoms with Gasteiger partial charge in [0.2, 0.25) is 0 Å². The molecule has 0 heterocycles. The van der Waals surface area contributed by atoms with Crippen molar-refractivity contribution in [3.05, 3.63) is 29.3 Å². The van der Waals surface area contributed by atoms with Crippen molar-refractivity contribution in [1.29, 1.82) is 0 Å². The first-order valence-corrected chi connectivity index (χ1v) is 7.60. The molecule has 0 aromatic heterocycles. The minimum Gasteiger partial charge on any atom is -0.382 e. The molecular formula is C17H25N. The molecule has 1 saturated carbocycles. The van der Waals surface area contributed by atoms with Crippen LogP contribution in [0, 0.1) is 11.8 Å². The summed E-state index contributed by atoms with van der Waals surface area (Å²) in [7, 11) is 0. The first-order chi connectivity index (χ1) is 8.72. The fourth-order valence-corrected chi connectivity index (χ4v) is 3.61. The molecule has 3 rings (SSSR count). The molecule has 1 fully saturated rings. The summed E-state index contributed by atoms with van der Waals surface area (Å²) in [5.41, 5.74) is 4.50. The van der Waals surface area contributed by atoms with Crippen molar-refractivity contribution in [2.75, 3.05) is 5.32 Å². The number of hydrogen-bond donors (Lipinski definition) is 1. The van der Waals surface area contributed by atoms with Crippen molar-refractivity contribution >= 4 is 5.69 Å². The first-order valence-electron chi connectivity index (χ1n) is 7.60. The van der Waals surface area contributed by atoms with Crippen LogP contribution in [0.3, 0.4) is 0 Å². The Morgan fingerprint density at radius 2 is 1.89 bits per heavy atom. The summed E-state index contributed by atoms with van der Waals surface area (Å²) in [5, 5.41) is 3.79. The van der Waals surface area contributed by atoms with Crippen LogP contribution in [0.15, 0.2) is 18.2 Å². The molecule has 1 heteroatoms. The van der Waals surface area contributed by atoms with Crippen molar-refractivity contribution in [3.63, 3.8) is 0 Å². The van der Waals surface area contributed by atoms with Crippen LogP contribution in [-0.4, -0.2) is 6.04 Å². The topological polar surface area (TPSA) is 12.0 Å². The maximum Gasteiger partial charge on any atom is 0.0345 e. The van der Waals surface area contributed by atoms with Gasteiger partial charge in [0.05, 0.1) is 0 Å². The second kappa shape index (κ2) is 4.95. The minimum absolute atomic E-state index is 0.674. The Morgan fingerprint density at radius 3 is 2.78 bits per heavy atom. The predicted octanol–water partition coefficient (Wildman–Crippen LogP) is 4.41. The normalized spacial score (nSPS) is 31.1. The summed E-state index contributed by atoms with van der Waals surface area (Å²) < 4.78 is 0. The molecule has 1 aromatic rings. The zero-order chi connectivity index (χ0) is 12.5. The molecule has 0 radical (unpaired) electrons. The Hall–Kier alpha value is -0.980. The number of aryl methyl sites for hydroxylation is 2. The van der Waals surface area contributed by atoms with E-state index in [0.29, 0.717) is 6.04 Å². The van der Waals surface area contributed by atoms with Gasteiger partial charge in [-0.2, -0.15) is 0 Å². The SMILES string of the molecule is CC1CCC(C)C(Nc2ccc3c(c2)CCC3)C1. The van der Waals surface area contributed by atoms with E-state index in [4.69, 9.17) is 0 Å². The molecule has 2 aliphatic rings. The Morgan fingerprint density at radius 1 is 1.06 bits per heavy atom. The van der Waals surface area contributed by atoms with Gasteiger partial charge >= 0.3 is 0 Å². The van der Waals surface area contributed by atoms with Crippen LogP contribution in [0.1, 0.15) is 50.7 Å². The molecule has 0 amide bonds. The van der Waals surface area contributed by atoms with E-state index in [-0.39, 0.29) is 0 Å². The average molecular weight is 243 g/mol. The zero-order valence-corrected chi connectivity index (χ0v) is 11.7. The lowest BCUT2D eigenvalue weighted by Crippen LogP contribution is -2.33. The van der Waals surface area contributed by atoms with Gasteiger partial charge in [-0.15, -0.1) is 0 Å². The molecular weight excluding hydrogens is 218 g/mol. The van der Waals surface area contributed by atoms with Gasteiger partial charge in [0.25, 0.3) is 0 Å². The average Bonchev–Trinajstić information content (AvgIpc) is 2.81. The number of fused-ring (bicyclic) bond motifs is 1. The number of benzene rings is 1. The second-order valence-electron chi connectivity index (χ2n) is 6.48. The van der Waals surface area contributed by atoms with Crippen molar-refractivity contribution in [2.24, 2.45) is 11.8 Å². The molecule has 0 saturated heterocycles. The van der Waals surface area contributed by atoms with Gasteiger partial charge in [0, 0.05) is 11.7 Å². The third kappa shape index (κ3) is 2.41. The molecule has 98 valence electrons. The van der Waals surface area contributed by atoms with Crippen molar-refractivity contribution in [2.45, 2.75) is 58.4 Å². The predicted molar refractivity (Wildman–Crippen MR) is 78.1 cm³/mol. The molecule has 3 atom stereocenters. The molecule has 2 aliphatic carbocycles. The van der Waals surface area contributed by atoms with Gasteiger partial charge in [-0.1, -0.05) is 26.3 Å². The van der Waals surface area contributed by atoms with Gasteiger partial charge in [-0.05, 0) is 67.2 Å². The van der Waals surface area contributed by atoms with E-state index in [1.54, 1.807) is 11.1 Å². The smallest absolute Gasteiger partial charge is 0.0345 e. The van der Waals surface area contributed by atoms with Crippen molar-refractivity contribution in [1.82, 2.24) is 0 Å². The molecule has 0 bridgehead atoms. The lowest BCUT2D eigenvalue weighted by atomic mass is 9.80. The van der Waals surface area contributed by atoms with E-state index in [9.17, 15) is 0 Å². The van der Waals surface area contributed by atoms with E-state index < -0.39 is 0 Å². The fraction of sp³-hybridized carbons (Fsp3) is 0.647. The summed E-state index contributed by atoms with van der Waals surface area (Å²) in [4.78, 5) is 0. The standard InChI is InChI=1S/C17H25N/c1-12-6-7-13(2)17(10-12)18-16-9-8-14-4-3-5-15(14)11-16/h8-9,11-13,17-18H,3-7,10H2,1-2H3. The van der Waals surface area contributed by atoms with Crippen LogP contribution in [0.4, 0.5) is 5.69 Å². The van der Waals surface area contributed by atoms with E-state index in [2.05, 4.69) is 37.4 Å². The van der Waals surface area contributed by atoms with Crippen LogP contribution in [0.25, 0.3) is 0 Å². The maximum atomic E-state index is 3.79. The molecule has 1 nitrogen and oxygen atoms in total. The quantitative estimate of drug-likeness (QED) is 0.811. The monoisotopic (exact) mass is 243 g/mol. The fourth-order valence-electron chi connectivity index (χ4n) is 3.61. The van der Waals surface area contributed by atoms with Crippen LogP contribution in [-0.2, 0) is 12.8 Å². The van der Waals surface area contributed by atoms with Gasteiger partial charge < -0.3 is 5.32 Å². The molecule has 1 aromatic carbocycles. The third-order valence-corrected chi connectivity index (χ3v) is 4.91. The number of rotatable bonds is 2. The van der Waals surface area contributed by atoms with Gasteiger partial charge in [-0.25, -0.2) is 0 Å². The van der Waals surface area contributed by atoms with Gasteiger partial charge in [0.1, 0.15) is 0 Å². The van der Waals surface area contributed by atoms with Crippen LogP contribution in [0.2, 0.25) is 0 Å². The van der Waals surface area contributed by atoms with Crippen LogP contribution < -0.4 is 5.32 Å².